The van der Waals surface area contributed by atoms with Crippen molar-refractivity contribution in [2.24, 2.45) is 0 Å². The predicted molar refractivity (Wildman–Crippen MR) is 74.7 cm³/mol. The van der Waals surface area contributed by atoms with Crippen molar-refractivity contribution in [1.29, 1.82) is 0 Å². The van der Waals surface area contributed by atoms with Crippen LogP contribution in [0.25, 0.3) is 0 Å². The Kier molecular flexibility index (Phi) is 4.14. The molecule has 3 N–H and O–H groups in total. The van der Waals surface area contributed by atoms with Gasteiger partial charge in [-0.05, 0) is 38.8 Å². The van der Waals surface area contributed by atoms with Crippen LogP contribution in [0.5, 0.6) is 0 Å². The lowest BCUT2D eigenvalue weighted by molar-refractivity contribution is -0.124. The summed E-state index contributed by atoms with van der Waals surface area (Å²) in [5, 5.41) is 16.7. The molecule has 0 radical (unpaired) electrons. The highest BCUT2D eigenvalue weighted by Crippen LogP contribution is 2.17. The van der Waals surface area contributed by atoms with E-state index >= 15 is 0 Å². The molecule has 2 amide bonds. The van der Waals surface area contributed by atoms with Crippen LogP contribution in [0.1, 0.15) is 42.2 Å². The summed E-state index contributed by atoms with van der Waals surface area (Å²) in [4.78, 5) is 23.8. The minimum absolute atomic E-state index is 0.125. The van der Waals surface area contributed by atoms with E-state index in [4.69, 9.17) is 0 Å². The Hall–Kier alpha value is -1.96. The summed E-state index contributed by atoms with van der Waals surface area (Å²) >= 11 is 0. The van der Waals surface area contributed by atoms with Crippen molar-refractivity contribution < 1.29 is 9.59 Å². The molecule has 0 aromatic carbocycles. The van der Waals surface area contributed by atoms with Crippen LogP contribution in [0.4, 0.5) is 0 Å². The molecule has 8 nitrogen and oxygen atoms in total. The number of nitrogens with one attached hydrogen (secondary N) is 3. The predicted octanol–water partition coefficient (Wildman–Crippen LogP) is -0.789. The summed E-state index contributed by atoms with van der Waals surface area (Å²) < 4.78 is 1.76. The van der Waals surface area contributed by atoms with E-state index in [0.717, 1.165) is 32.4 Å². The molecular formula is C13H20N6O2. The fourth-order valence-electron chi connectivity index (χ4n) is 2.77. The Morgan fingerprint density at radius 2 is 2.10 bits per heavy atom. The zero-order chi connectivity index (χ0) is 14.7. The lowest BCUT2D eigenvalue weighted by Gasteiger charge is -2.22. The third kappa shape index (κ3) is 3.21. The summed E-state index contributed by atoms with van der Waals surface area (Å²) in [7, 11) is 0. The van der Waals surface area contributed by atoms with E-state index in [9.17, 15) is 9.59 Å². The molecule has 8 heteroatoms. The van der Waals surface area contributed by atoms with Crippen LogP contribution < -0.4 is 16.0 Å². The van der Waals surface area contributed by atoms with Crippen LogP contribution in [0.2, 0.25) is 0 Å². The van der Waals surface area contributed by atoms with Crippen LogP contribution in [0.3, 0.4) is 0 Å². The second-order valence-corrected chi connectivity index (χ2v) is 5.52. The highest BCUT2D eigenvalue weighted by atomic mass is 16.2. The van der Waals surface area contributed by atoms with Crippen molar-refractivity contribution >= 4 is 11.8 Å². The molecule has 0 spiro atoms. The number of piperidine rings is 2. The molecule has 2 fully saturated rings. The summed E-state index contributed by atoms with van der Waals surface area (Å²) in [6, 6.07) is -0.173. The molecule has 1 aromatic rings. The van der Waals surface area contributed by atoms with Crippen molar-refractivity contribution in [1.82, 2.24) is 30.9 Å². The molecule has 1 atom stereocenters. The molecule has 0 bridgehead atoms. The maximum Gasteiger partial charge on any atom is 0.274 e. The highest BCUT2D eigenvalue weighted by Gasteiger charge is 2.25. The van der Waals surface area contributed by atoms with E-state index in [1.165, 1.54) is 0 Å². The molecule has 2 saturated heterocycles. The summed E-state index contributed by atoms with van der Waals surface area (Å²) in [6.45, 7) is 2.58. The van der Waals surface area contributed by atoms with Gasteiger partial charge in [-0.1, -0.05) is 5.21 Å². The Labute approximate surface area is 122 Å². The topological polar surface area (TPSA) is 101 Å². The first-order valence-electron chi connectivity index (χ1n) is 7.45. The summed E-state index contributed by atoms with van der Waals surface area (Å²) in [6.07, 6.45) is 5.18. The molecule has 0 saturated carbocycles. The number of nitrogens with zero attached hydrogens (tertiary/aromatic N) is 3. The zero-order valence-corrected chi connectivity index (χ0v) is 11.8. The first kappa shape index (κ1) is 14.0. The van der Waals surface area contributed by atoms with E-state index in [2.05, 4.69) is 26.3 Å². The van der Waals surface area contributed by atoms with Gasteiger partial charge < -0.3 is 16.0 Å². The molecule has 1 unspecified atom stereocenters. The van der Waals surface area contributed by atoms with Gasteiger partial charge in [-0.25, -0.2) is 4.68 Å². The quantitative estimate of drug-likeness (QED) is 0.678. The molecule has 0 aliphatic carbocycles. The van der Waals surface area contributed by atoms with E-state index in [-0.39, 0.29) is 17.5 Å². The van der Waals surface area contributed by atoms with E-state index < -0.39 is 6.04 Å². The molecule has 2 aliphatic heterocycles. The Bertz CT molecular complexity index is 522. The molecule has 114 valence electrons. The highest BCUT2D eigenvalue weighted by molar-refractivity contribution is 5.96. The van der Waals surface area contributed by atoms with Gasteiger partial charge in [-0.3, -0.25) is 9.59 Å². The normalized spacial score (nSPS) is 23.6. The smallest absolute Gasteiger partial charge is 0.274 e. The molecular weight excluding hydrogens is 272 g/mol. The maximum absolute atomic E-state index is 12.1. The monoisotopic (exact) mass is 292 g/mol. The molecule has 21 heavy (non-hydrogen) atoms. The number of carbonyl (C=O) groups is 2. The lowest BCUT2D eigenvalue weighted by atomic mass is 10.1. The van der Waals surface area contributed by atoms with Gasteiger partial charge in [-0.15, -0.1) is 5.10 Å². The van der Waals surface area contributed by atoms with Crippen LogP contribution in [0.15, 0.2) is 6.20 Å². The second-order valence-electron chi connectivity index (χ2n) is 5.52. The van der Waals surface area contributed by atoms with Gasteiger partial charge in [0.15, 0.2) is 5.69 Å². The number of rotatable bonds is 3. The van der Waals surface area contributed by atoms with Gasteiger partial charge in [0.1, 0.15) is 6.04 Å². The second kappa shape index (κ2) is 6.21. The average molecular weight is 292 g/mol. The van der Waals surface area contributed by atoms with E-state index in [0.29, 0.717) is 19.0 Å². The van der Waals surface area contributed by atoms with Crippen LogP contribution in [-0.4, -0.2) is 52.5 Å². The first-order chi connectivity index (χ1) is 10.2. The molecule has 3 rings (SSSR count). The average Bonchev–Trinajstić information content (AvgIpc) is 3.00. The largest absolute Gasteiger partial charge is 0.354 e. The summed E-state index contributed by atoms with van der Waals surface area (Å²) in [5.41, 5.74) is 0.270. The first-order valence-corrected chi connectivity index (χ1v) is 7.45. The summed E-state index contributed by atoms with van der Waals surface area (Å²) in [5.74, 6) is -0.461. The van der Waals surface area contributed by atoms with Crippen molar-refractivity contribution in [3.63, 3.8) is 0 Å². The molecule has 1 aromatic heterocycles. The maximum atomic E-state index is 12.1. The lowest BCUT2D eigenvalue weighted by Crippen LogP contribution is -2.50. The number of hydrogen-bond acceptors (Lipinski definition) is 5. The van der Waals surface area contributed by atoms with Crippen molar-refractivity contribution in [2.45, 2.75) is 37.8 Å². The van der Waals surface area contributed by atoms with Crippen molar-refractivity contribution in [3.05, 3.63) is 11.9 Å². The Balaban J connectivity index is 1.62. The van der Waals surface area contributed by atoms with Crippen molar-refractivity contribution in [2.75, 3.05) is 19.6 Å². The van der Waals surface area contributed by atoms with Gasteiger partial charge in [-0.2, -0.15) is 0 Å². The number of carbonyl (C=O) groups excluding carboxylic acids is 2. The van der Waals surface area contributed by atoms with Gasteiger partial charge in [0.25, 0.3) is 5.91 Å². The zero-order valence-electron chi connectivity index (χ0n) is 11.8. The number of hydrogen-bond donors (Lipinski definition) is 3. The van der Waals surface area contributed by atoms with Crippen LogP contribution in [-0.2, 0) is 4.79 Å². The van der Waals surface area contributed by atoms with Crippen LogP contribution in [0, 0.1) is 0 Å². The third-order valence-electron chi connectivity index (χ3n) is 4.02. The molecule has 2 aliphatic rings. The van der Waals surface area contributed by atoms with E-state index in [1.54, 1.807) is 10.9 Å². The van der Waals surface area contributed by atoms with Gasteiger partial charge in [0.2, 0.25) is 5.91 Å². The fourth-order valence-corrected chi connectivity index (χ4v) is 2.77. The minimum Gasteiger partial charge on any atom is -0.354 e. The number of amides is 2. The van der Waals surface area contributed by atoms with Crippen LogP contribution >= 0.6 is 0 Å². The van der Waals surface area contributed by atoms with Gasteiger partial charge in [0.05, 0.1) is 12.2 Å². The number of aromatic nitrogens is 3. The van der Waals surface area contributed by atoms with E-state index in [1.807, 2.05) is 0 Å². The third-order valence-corrected chi connectivity index (χ3v) is 4.02. The Morgan fingerprint density at radius 3 is 2.86 bits per heavy atom. The SMILES string of the molecule is O=C(NC1CCCNC1=O)c1cn(C2CCNCC2)nn1. The van der Waals surface area contributed by atoms with Gasteiger partial charge >= 0.3 is 0 Å². The van der Waals surface area contributed by atoms with Crippen molar-refractivity contribution in [3.8, 4) is 0 Å². The standard InChI is InChI=1S/C13H20N6O2/c20-12-10(2-1-5-15-12)16-13(21)11-8-19(18-17-11)9-3-6-14-7-4-9/h8-10,14H,1-7H2,(H,15,20)(H,16,21). The van der Waals surface area contributed by atoms with Gasteiger partial charge in [0, 0.05) is 6.54 Å². The fraction of sp³-hybridized carbons (Fsp3) is 0.692. The minimum atomic E-state index is -0.463. The Morgan fingerprint density at radius 1 is 1.29 bits per heavy atom. The molecule has 3 heterocycles.